The monoisotopic (exact) mass is 540 g/mol. The van der Waals surface area contributed by atoms with Crippen LogP contribution in [0, 0.1) is 6.92 Å². The number of aryl methyl sites for hydroxylation is 1. The zero-order valence-electron chi connectivity index (χ0n) is 23.2. The van der Waals surface area contributed by atoms with E-state index in [2.05, 4.69) is 26.0 Å². The van der Waals surface area contributed by atoms with Crippen molar-refractivity contribution in [2.45, 2.75) is 68.2 Å². The van der Waals surface area contributed by atoms with Crippen molar-refractivity contribution in [1.29, 1.82) is 0 Å². The molecule has 0 saturated heterocycles. The molecule has 202 valence electrons. The lowest BCUT2D eigenvalue weighted by Crippen LogP contribution is -2.56. The van der Waals surface area contributed by atoms with Gasteiger partial charge in [0.2, 0.25) is 0 Å². The van der Waals surface area contributed by atoms with Crippen molar-refractivity contribution in [3.63, 3.8) is 0 Å². The average Bonchev–Trinajstić information content (AvgIpc) is 2.76. The third-order valence-corrected chi connectivity index (χ3v) is 12.6. The lowest BCUT2D eigenvalue weighted by Gasteiger charge is -2.31. The van der Waals surface area contributed by atoms with Crippen molar-refractivity contribution in [2.24, 2.45) is 0 Å². The van der Waals surface area contributed by atoms with Crippen LogP contribution in [0.2, 0.25) is 26.2 Å². The Bertz CT molecular complexity index is 1140. The molecule has 0 bridgehead atoms. The van der Waals surface area contributed by atoms with E-state index in [1.54, 1.807) is 0 Å². The summed E-state index contributed by atoms with van der Waals surface area (Å²) in [6.07, 6.45) is 4.17. The van der Waals surface area contributed by atoms with Gasteiger partial charge in [0.15, 0.2) is 10.8 Å². The zero-order chi connectivity index (χ0) is 27.1. The van der Waals surface area contributed by atoms with Crippen LogP contribution in [0.1, 0.15) is 51.8 Å². The Hall–Kier alpha value is -2.75. The highest BCUT2D eigenvalue weighted by molar-refractivity contribution is 7.11. The van der Waals surface area contributed by atoms with E-state index in [-0.39, 0.29) is 31.5 Å². The molecule has 0 N–H and O–H groups in total. The first-order chi connectivity index (χ1) is 16.7. The van der Waals surface area contributed by atoms with Crippen molar-refractivity contribution in [2.75, 3.05) is 13.2 Å². The van der Waals surface area contributed by atoms with Crippen LogP contribution in [0.15, 0.2) is 53.6 Å². The largest absolute Gasteiger partial charge is 0.486 e. The summed E-state index contributed by atoms with van der Waals surface area (Å²) in [5, 5.41) is -0.171. The highest BCUT2D eigenvalue weighted by atomic mass is 28.4. The second-order valence-electron chi connectivity index (χ2n) is 10.6. The van der Waals surface area contributed by atoms with Gasteiger partial charge in [-0.05, 0) is 102 Å². The van der Waals surface area contributed by atoms with Crippen LogP contribution in [-0.2, 0) is 13.7 Å². The SMILES string of the molecule is C.CC(C)=Cc1ccc(OCC(=O)[Si](C)(C)O[Si](C)(C)C(=O)COc2ccc(C=C(C)C)cc2C)cc1. The predicted molar refractivity (Wildman–Crippen MR) is 160 cm³/mol. The van der Waals surface area contributed by atoms with Crippen LogP contribution in [-0.4, -0.2) is 40.7 Å². The highest BCUT2D eigenvalue weighted by Crippen LogP contribution is 2.23. The Morgan fingerprint density at radius 1 is 0.730 bits per heavy atom. The molecule has 0 radical (unpaired) electrons. The van der Waals surface area contributed by atoms with Gasteiger partial charge in [-0.1, -0.05) is 48.9 Å². The molecule has 0 unspecified atom stereocenters. The van der Waals surface area contributed by atoms with Gasteiger partial charge in [0.25, 0.3) is 16.6 Å². The van der Waals surface area contributed by atoms with Crippen molar-refractivity contribution < 1.29 is 23.2 Å². The Morgan fingerprint density at radius 2 is 1.19 bits per heavy atom. The molecule has 0 heterocycles. The second kappa shape index (κ2) is 13.7. The minimum atomic E-state index is -2.83. The number of carbonyl (C=O) groups excluding carboxylic acids is 2. The number of carbonyl (C=O) groups is 2. The first-order valence-electron chi connectivity index (χ1n) is 12.2. The lowest BCUT2D eigenvalue weighted by molar-refractivity contribution is -0.115. The molecule has 0 aliphatic rings. The molecule has 0 amide bonds. The normalized spacial score (nSPS) is 11.2. The van der Waals surface area contributed by atoms with Crippen LogP contribution in [0.25, 0.3) is 12.2 Å². The van der Waals surface area contributed by atoms with E-state index in [9.17, 15) is 9.59 Å². The van der Waals surface area contributed by atoms with Gasteiger partial charge in [-0.15, -0.1) is 0 Å². The summed E-state index contributed by atoms with van der Waals surface area (Å²) in [4.78, 5) is 26.0. The maximum atomic E-state index is 13.0. The molecule has 0 aliphatic heterocycles. The Kier molecular flexibility index (Phi) is 12.0. The van der Waals surface area contributed by atoms with Crippen LogP contribution in [0.5, 0.6) is 11.5 Å². The van der Waals surface area contributed by atoms with E-state index < -0.39 is 16.6 Å². The molecule has 2 aromatic carbocycles. The van der Waals surface area contributed by atoms with E-state index in [1.807, 2.05) is 89.4 Å². The van der Waals surface area contributed by atoms with Crippen LogP contribution in [0.4, 0.5) is 0 Å². The smallest absolute Gasteiger partial charge is 0.253 e. The van der Waals surface area contributed by atoms with E-state index in [0.29, 0.717) is 11.5 Å². The fraction of sp³-hybridized carbons (Fsp3) is 0.400. The topological polar surface area (TPSA) is 61.8 Å². The van der Waals surface area contributed by atoms with Gasteiger partial charge >= 0.3 is 0 Å². The quantitative estimate of drug-likeness (QED) is 0.260. The van der Waals surface area contributed by atoms with Crippen LogP contribution in [0.3, 0.4) is 0 Å². The fourth-order valence-corrected chi connectivity index (χ4v) is 10.5. The maximum Gasteiger partial charge on any atom is 0.253 e. The molecular weight excluding hydrogens is 496 g/mol. The van der Waals surface area contributed by atoms with Gasteiger partial charge in [-0.2, -0.15) is 0 Å². The molecule has 37 heavy (non-hydrogen) atoms. The van der Waals surface area contributed by atoms with Crippen LogP contribution < -0.4 is 9.47 Å². The minimum absolute atomic E-state index is 0. The molecule has 0 saturated carbocycles. The molecule has 0 aliphatic carbocycles. The van der Waals surface area contributed by atoms with E-state index >= 15 is 0 Å². The number of allylic oxidation sites excluding steroid dienone is 2. The minimum Gasteiger partial charge on any atom is -0.486 e. The van der Waals surface area contributed by atoms with Gasteiger partial charge in [0.05, 0.1) is 0 Å². The Morgan fingerprint density at radius 3 is 1.68 bits per heavy atom. The Labute approximate surface area is 225 Å². The van der Waals surface area contributed by atoms with Crippen molar-refractivity contribution in [3.8, 4) is 11.5 Å². The van der Waals surface area contributed by atoms with Gasteiger partial charge in [0.1, 0.15) is 24.7 Å². The summed E-state index contributed by atoms with van der Waals surface area (Å²) in [6, 6.07) is 13.5. The molecule has 0 aromatic heterocycles. The van der Waals surface area contributed by atoms with Crippen molar-refractivity contribution in [1.82, 2.24) is 0 Å². The third-order valence-electron chi connectivity index (χ3n) is 5.57. The molecule has 2 aromatic rings. The Balaban J connectivity index is 0.00000684. The summed E-state index contributed by atoms with van der Waals surface area (Å²) >= 11 is 0. The number of ether oxygens (including phenoxy) is 2. The third kappa shape index (κ3) is 10.3. The predicted octanol–water partition coefficient (Wildman–Crippen LogP) is 7.58. The van der Waals surface area contributed by atoms with E-state index in [1.165, 1.54) is 11.1 Å². The molecule has 2 rings (SSSR count). The summed E-state index contributed by atoms with van der Waals surface area (Å²) in [6.45, 7) is 17.3. The number of hydrogen-bond donors (Lipinski definition) is 0. The van der Waals surface area contributed by atoms with E-state index in [0.717, 1.165) is 16.7 Å². The molecule has 5 nitrogen and oxygen atoms in total. The zero-order valence-corrected chi connectivity index (χ0v) is 25.2. The molecular formula is C30H44O5Si2. The molecule has 0 fully saturated rings. The maximum absolute atomic E-state index is 13.0. The first kappa shape index (κ1) is 32.3. The van der Waals surface area contributed by atoms with Crippen molar-refractivity contribution >= 4 is 39.6 Å². The van der Waals surface area contributed by atoms with E-state index in [4.69, 9.17) is 13.6 Å². The molecule has 0 atom stereocenters. The van der Waals surface area contributed by atoms with Gasteiger partial charge in [-0.25, -0.2) is 0 Å². The first-order valence-corrected chi connectivity index (χ1v) is 18.0. The summed E-state index contributed by atoms with van der Waals surface area (Å²) in [7, 11) is -5.66. The molecule has 0 spiro atoms. The van der Waals surface area contributed by atoms with Crippen molar-refractivity contribution in [3.05, 3.63) is 70.3 Å². The van der Waals surface area contributed by atoms with Gasteiger partial charge in [0, 0.05) is 0 Å². The summed E-state index contributed by atoms with van der Waals surface area (Å²) < 4.78 is 17.9. The number of hydrogen-bond acceptors (Lipinski definition) is 5. The summed E-state index contributed by atoms with van der Waals surface area (Å²) in [5.41, 5.74) is 5.57. The number of benzene rings is 2. The average molecular weight is 541 g/mol. The lowest BCUT2D eigenvalue weighted by atomic mass is 10.1. The van der Waals surface area contributed by atoms with Gasteiger partial charge < -0.3 is 13.6 Å². The number of rotatable bonds is 12. The standard InChI is InChI=1S/C29H40O5Si2.CH4/c1-21(2)16-24-10-13-26(14-11-24)32-19-28(30)35(6,7)34-36(8,9)29(31)20-33-27-15-12-25(17-22(3)4)18-23(27)5;/h10-18H,19-20H2,1-9H3;1H4. The highest BCUT2D eigenvalue weighted by Gasteiger charge is 2.43. The van der Waals surface area contributed by atoms with Crippen LogP contribution >= 0.6 is 0 Å². The molecule has 7 heteroatoms. The second-order valence-corrected chi connectivity index (χ2v) is 18.6. The fourth-order valence-electron chi connectivity index (χ4n) is 3.64. The summed E-state index contributed by atoms with van der Waals surface area (Å²) in [5.74, 6) is 1.31. The van der Waals surface area contributed by atoms with Gasteiger partial charge in [-0.3, -0.25) is 9.59 Å².